The molecule has 8 heteroatoms. The maximum absolute atomic E-state index is 12.4. The summed E-state index contributed by atoms with van der Waals surface area (Å²) in [5.74, 6) is -0.0334. The Labute approximate surface area is 123 Å². The van der Waals surface area contributed by atoms with Gasteiger partial charge in [0.05, 0.1) is 5.69 Å². The van der Waals surface area contributed by atoms with E-state index in [-0.39, 0.29) is 16.6 Å². The molecule has 0 spiro atoms. The third-order valence-electron chi connectivity index (χ3n) is 2.83. The highest BCUT2D eigenvalue weighted by Gasteiger charge is 2.32. The van der Waals surface area contributed by atoms with Crippen LogP contribution in [0.15, 0.2) is 24.3 Å². The van der Waals surface area contributed by atoms with Gasteiger partial charge in [0.2, 0.25) is 0 Å². The monoisotopic (exact) mass is 317 g/mol. The molecule has 112 valence electrons. The number of rotatable bonds is 3. The van der Waals surface area contributed by atoms with Gasteiger partial charge in [0.25, 0.3) is 0 Å². The molecule has 0 radical (unpaired) electrons. The lowest BCUT2D eigenvalue weighted by Gasteiger charge is -2.15. The fourth-order valence-corrected chi connectivity index (χ4v) is 1.79. The molecule has 1 aromatic carbocycles. The highest BCUT2D eigenvalue weighted by molar-refractivity contribution is 6.30. The number of nitrogens with zero attached hydrogens (tertiary/aromatic N) is 2. The molecule has 1 aromatic heterocycles. The van der Waals surface area contributed by atoms with Crippen molar-refractivity contribution in [3.8, 4) is 5.75 Å². The quantitative estimate of drug-likeness (QED) is 0.912. The molecule has 0 bridgehead atoms. The van der Waals surface area contributed by atoms with Crippen LogP contribution < -0.4 is 10.1 Å². The van der Waals surface area contributed by atoms with Crippen LogP contribution in [-0.2, 0) is 0 Å². The average Bonchev–Trinajstić information content (AvgIpc) is 2.40. The summed E-state index contributed by atoms with van der Waals surface area (Å²) in [5, 5.41) is 10.6. The Hall–Kier alpha value is -2.02. The van der Waals surface area contributed by atoms with Crippen LogP contribution in [0, 0.1) is 13.8 Å². The van der Waals surface area contributed by atoms with Crippen molar-refractivity contribution in [1.29, 1.82) is 0 Å². The molecule has 0 saturated heterocycles. The van der Waals surface area contributed by atoms with Gasteiger partial charge in [-0.3, -0.25) is 0 Å². The van der Waals surface area contributed by atoms with Gasteiger partial charge in [-0.05, 0) is 37.1 Å². The van der Waals surface area contributed by atoms with Gasteiger partial charge in [0.1, 0.15) is 0 Å². The molecule has 0 fully saturated rings. The lowest BCUT2D eigenvalue weighted by atomic mass is 10.2. The highest BCUT2D eigenvalue weighted by atomic mass is 35.5. The minimum absolute atomic E-state index is 0.133. The SMILES string of the molecule is Cc1c(Cl)nnc(Nc2ccccc2OC(F)(F)F)c1C. The highest BCUT2D eigenvalue weighted by Crippen LogP contribution is 2.33. The van der Waals surface area contributed by atoms with Crippen molar-refractivity contribution in [3.05, 3.63) is 40.5 Å². The molecular formula is C13H11ClF3N3O. The van der Waals surface area contributed by atoms with Crippen molar-refractivity contribution in [1.82, 2.24) is 10.2 Å². The van der Waals surface area contributed by atoms with Crippen molar-refractivity contribution in [3.63, 3.8) is 0 Å². The van der Waals surface area contributed by atoms with E-state index in [0.29, 0.717) is 16.9 Å². The number of aromatic nitrogens is 2. The zero-order valence-corrected chi connectivity index (χ0v) is 11.9. The Morgan fingerprint density at radius 3 is 2.43 bits per heavy atom. The van der Waals surface area contributed by atoms with Crippen molar-refractivity contribution in [2.24, 2.45) is 0 Å². The molecule has 21 heavy (non-hydrogen) atoms. The minimum atomic E-state index is -4.77. The summed E-state index contributed by atoms with van der Waals surface area (Å²) in [6.45, 7) is 3.49. The van der Waals surface area contributed by atoms with E-state index in [1.807, 2.05) is 0 Å². The van der Waals surface area contributed by atoms with Crippen LogP contribution in [0.3, 0.4) is 0 Å². The Bertz CT molecular complexity index is 662. The predicted molar refractivity (Wildman–Crippen MR) is 72.9 cm³/mol. The molecule has 0 unspecified atom stereocenters. The van der Waals surface area contributed by atoms with Gasteiger partial charge < -0.3 is 10.1 Å². The number of halogens is 4. The summed E-state index contributed by atoms with van der Waals surface area (Å²) in [5.41, 5.74) is 1.52. The van der Waals surface area contributed by atoms with Crippen LogP contribution in [-0.4, -0.2) is 16.6 Å². The lowest BCUT2D eigenvalue weighted by Crippen LogP contribution is -2.18. The second kappa shape index (κ2) is 5.77. The fraction of sp³-hybridized carbons (Fsp3) is 0.231. The molecule has 0 aliphatic carbocycles. The fourth-order valence-electron chi connectivity index (χ4n) is 1.61. The van der Waals surface area contributed by atoms with E-state index < -0.39 is 6.36 Å². The van der Waals surface area contributed by atoms with Gasteiger partial charge in [-0.1, -0.05) is 23.7 Å². The minimum Gasteiger partial charge on any atom is -0.404 e. The van der Waals surface area contributed by atoms with Crippen LogP contribution in [0.5, 0.6) is 5.75 Å². The molecule has 0 amide bonds. The van der Waals surface area contributed by atoms with Crippen molar-refractivity contribution in [2.75, 3.05) is 5.32 Å². The van der Waals surface area contributed by atoms with Crippen molar-refractivity contribution in [2.45, 2.75) is 20.2 Å². The van der Waals surface area contributed by atoms with E-state index in [0.717, 1.165) is 0 Å². The molecule has 0 atom stereocenters. The van der Waals surface area contributed by atoms with E-state index in [1.165, 1.54) is 18.2 Å². The van der Waals surface area contributed by atoms with Gasteiger partial charge in [-0.2, -0.15) is 0 Å². The van der Waals surface area contributed by atoms with Gasteiger partial charge in [-0.25, -0.2) is 0 Å². The molecular weight excluding hydrogens is 307 g/mol. The molecule has 2 aromatic rings. The zero-order valence-electron chi connectivity index (χ0n) is 11.1. The number of alkyl halides is 3. The standard InChI is InChI=1S/C13H11ClF3N3O/c1-7-8(2)12(20-19-11(7)14)18-9-5-3-4-6-10(9)21-13(15,16)17/h3-6H,1-2H3,(H,18,20). The Kier molecular flexibility index (Phi) is 4.22. The second-order valence-corrected chi connectivity index (χ2v) is 4.62. The molecule has 0 aliphatic rings. The first kappa shape index (κ1) is 15.4. The van der Waals surface area contributed by atoms with Crippen LogP contribution in [0.4, 0.5) is 24.7 Å². The van der Waals surface area contributed by atoms with E-state index in [9.17, 15) is 13.2 Å². The van der Waals surface area contributed by atoms with Crippen LogP contribution in [0.25, 0.3) is 0 Å². The molecule has 1 N–H and O–H groups in total. The first-order valence-corrected chi connectivity index (χ1v) is 6.27. The number of anilines is 2. The largest absolute Gasteiger partial charge is 0.573 e. The van der Waals surface area contributed by atoms with Crippen molar-refractivity contribution >= 4 is 23.1 Å². The molecule has 4 nitrogen and oxygen atoms in total. The summed E-state index contributed by atoms with van der Waals surface area (Å²) < 4.78 is 41.0. The topological polar surface area (TPSA) is 47.0 Å². The molecule has 2 rings (SSSR count). The average molecular weight is 318 g/mol. The first-order valence-electron chi connectivity index (χ1n) is 5.89. The van der Waals surface area contributed by atoms with Crippen molar-refractivity contribution < 1.29 is 17.9 Å². The van der Waals surface area contributed by atoms with Gasteiger partial charge in [0, 0.05) is 0 Å². The number of hydrogen-bond acceptors (Lipinski definition) is 4. The number of hydrogen-bond donors (Lipinski definition) is 1. The van der Waals surface area contributed by atoms with Gasteiger partial charge in [-0.15, -0.1) is 23.4 Å². The third kappa shape index (κ3) is 3.75. The van der Waals surface area contributed by atoms with E-state index in [4.69, 9.17) is 11.6 Å². The Morgan fingerprint density at radius 1 is 1.10 bits per heavy atom. The number of para-hydroxylation sites is 2. The van der Waals surface area contributed by atoms with Crippen LogP contribution in [0.2, 0.25) is 5.15 Å². The second-order valence-electron chi connectivity index (χ2n) is 4.26. The summed E-state index contributed by atoms with van der Waals surface area (Å²) in [6.07, 6.45) is -4.77. The molecule has 0 aliphatic heterocycles. The smallest absolute Gasteiger partial charge is 0.404 e. The first-order chi connectivity index (χ1) is 9.78. The van der Waals surface area contributed by atoms with Gasteiger partial charge >= 0.3 is 6.36 Å². The molecule has 0 saturated carbocycles. The summed E-state index contributed by atoms with van der Waals surface area (Å²) in [4.78, 5) is 0. The Balaban J connectivity index is 2.34. The zero-order chi connectivity index (χ0) is 15.6. The van der Waals surface area contributed by atoms with E-state index in [2.05, 4.69) is 20.3 Å². The Morgan fingerprint density at radius 2 is 1.76 bits per heavy atom. The maximum Gasteiger partial charge on any atom is 0.573 e. The summed E-state index contributed by atoms with van der Waals surface area (Å²) in [7, 11) is 0. The predicted octanol–water partition coefficient (Wildman–Crippen LogP) is 4.39. The maximum atomic E-state index is 12.4. The summed E-state index contributed by atoms with van der Waals surface area (Å²) in [6, 6.07) is 5.68. The van der Waals surface area contributed by atoms with Crippen LogP contribution in [0.1, 0.15) is 11.1 Å². The normalized spacial score (nSPS) is 11.3. The number of nitrogens with one attached hydrogen (secondary N) is 1. The van der Waals surface area contributed by atoms with Gasteiger partial charge in [0.15, 0.2) is 16.7 Å². The van der Waals surface area contributed by atoms with E-state index in [1.54, 1.807) is 19.9 Å². The number of ether oxygens (including phenoxy) is 1. The van der Waals surface area contributed by atoms with Crippen LogP contribution >= 0.6 is 11.6 Å². The third-order valence-corrected chi connectivity index (χ3v) is 3.19. The lowest BCUT2D eigenvalue weighted by molar-refractivity contribution is -0.274. The van der Waals surface area contributed by atoms with E-state index >= 15 is 0 Å². The number of benzene rings is 1. The molecule has 1 heterocycles. The summed E-state index contributed by atoms with van der Waals surface area (Å²) >= 11 is 5.83.